The maximum atomic E-state index is 12.2. The number of amidine groups is 1. The van der Waals surface area contributed by atoms with Crippen LogP contribution in [0.25, 0.3) is 0 Å². The van der Waals surface area contributed by atoms with E-state index >= 15 is 0 Å². The van der Waals surface area contributed by atoms with E-state index in [-0.39, 0.29) is 22.4 Å². The minimum Gasteiger partial charge on any atom is -0.489 e. The maximum Gasteiger partial charge on any atom is 0.573 e. The molecule has 1 fully saturated rings. The van der Waals surface area contributed by atoms with Crippen molar-refractivity contribution >= 4 is 35.0 Å². The molecule has 0 unspecified atom stereocenters. The lowest BCUT2D eigenvalue weighted by Crippen LogP contribution is -2.19. The predicted octanol–water partition coefficient (Wildman–Crippen LogP) is 3.77. The zero-order valence-electron chi connectivity index (χ0n) is 17.0. The summed E-state index contributed by atoms with van der Waals surface area (Å²) in [5.41, 5.74) is 1.42. The van der Waals surface area contributed by atoms with Crippen LogP contribution >= 0.6 is 11.8 Å². The number of carbonyl (C=O) groups is 2. The standard InChI is InChI=1S/C21H16F3N3O5S/c1-30-18(28)10-17-19(29)26-20(33-17)27-25-11-13-4-2-3-5-14(13)12-31-15-6-8-16(9-7-15)32-21(22,23)24/h2-11H,12H2,1H3,(H,26,27,29)/b17-10+,25-11?. The van der Waals surface area contributed by atoms with Crippen molar-refractivity contribution in [1.82, 2.24) is 5.32 Å². The SMILES string of the molecule is COC(=O)/C=C1/S/C(=N\N=Cc2ccccc2COc2ccc(OC(F)(F)F)cc2)NC1=O. The number of carbonyl (C=O) groups excluding carboxylic acids is 2. The number of halogens is 3. The highest BCUT2D eigenvalue weighted by Crippen LogP contribution is 2.25. The van der Waals surface area contributed by atoms with Gasteiger partial charge in [0.25, 0.3) is 5.91 Å². The highest BCUT2D eigenvalue weighted by atomic mass is 32.2. The van der Waals surface area contributed by atoms with Crippen molar-refractivity contribution in [2.75, 3.05) is 7.11 Å². The number of rotatable bonds is 7. The Bertz CT molecular complexity index is 1110. The Morgan fingerprint density at radius 2 is 1.82 bits per heavy atom. The number of nitrogens with one attached hydrogen (secondary N) is 1. The third-order valence-electron chi connectivity index (χ3n) is 3.95. The second-order valence-electron chi connectivity index (χ2n) is 6.24. The summed E-state index contributed by atoms with van der Waals surface area (Å²) in [6.07, 6.45) is -2.25. The van der Waals surface area contributed by atoms with Crippen LogP contribution in [0.1, 0.15) is 11.1 Å². The first-order chi connectivity index (χ1) is 15.7. The Labute approximate surface area is 190 Å². The first-order valence-corrected chi connectivity index (χ1v) is 10.0. The quantitative estimate of drug-likeness (QED) is 0.281. The van der Waals surface area contributed by atoms with Crippen LogP contribution in [0, 0.1) is 0 Å². The third-order valence-corrected chi connectivity index (χ3v) is 4.85. The number of esters is 1. The maximum absolute atomic E-state index is 12.2. The number of amides is 1. The summed E-state index contributed by atoms with van der Waals surface area (Å²) in [5, 5.41) is 10.6. The van der Waals surface area contributed by atoms with Gasteiger partial charge in [-0.05, 0) is 41.6 Å². The summed E-state index contributed by atoms with van der Waals surface area (Å²) < 4.78 is 50.7. The fourth-order valence-electron chi connectivity index (χ4n) is 2.47. The molecule has 1 heterocycles. The molecular weight excluding hydrogens is 463 g/mol. The summed E-state index contributed by atoms with van der Waals surface area (Å²) in [4.78, 5) is 23.2. The average Bonchev–Trinajstić information content (AvgIpc) is 3.11. The highest BCUT2D eigenvalue weighted by molar-refractivity contribution is 8.18. The summed E-state index contributed by atoms with van der Waals surface area (Å²) in [6, 6.07) is 12.2. The van der Waals surface area contributed by atoms with E-state index in [0.29, 0.717) is 11.3 Å². The number of hydrogen-bond donors (Lipinski definition) is 1. The lowest BCUT2D eigenvalue weighted by atomic mass is 10.1. The van der Waals surface area contributed by atoms with E-state index in [1.807, 2.05) is 0 Å². The van der Waals surface area contributed by atoms with Crippen molar-refractivity contribution in [1.29, 1.82) is 0 Å². The molecule has 2 aromatic rings. The number of ether oxygens (including phenoxy) is 3. The molecule has 0 saturated carbocycles. The molecule has 1 amide bonds. The van der Waals surface area contributed by atoms with E-state index < -0.39 is 18.2 Å². The molecule has 8 nitrogen and oxygen atoms in total. The number of hydrogen-bond acceptors (Lipinski definition) is 8. The van der Waals surface area contributed by atoms with E-state index in [1.54, 1.807) is 24.3 Å². The average molecular weight is 479 g/mol. The first-order valence-electron chi connectivity index (χ1n) is 9.20. The fraction of sp³-hybridized carbons (Fsp3) is 0.143. The van der Waals surface area contributed by atoms with Crippen molar-refractivity contribution in [3.05, 3.63) is 70.6 Å². The zero-order chi connectivity index (χ0) is 23.8. The van der Waals surface area contributed by atoms with E-state index in [2.05, 4.69) is 25.0 Å². The molecule has 0 aliphatic carbocycles. The normalized spacial score (nSPS) is 16.3. The first kappa shape index (κ1) is 23.9. The van der Waals surface area contributed by atoms with Crippen LogP contribution in [-0.2, 0) is 20.9 Å². The number of alkyl halides is 3. The van der Waals surface area contributed by atoms with Gasteiger partial charge >= 0.3 is 12.3 Å². The number of thioether (sulfide) groups is 1. The van der Waals surface area contributed by atoms with E-state index in [9.17, 15) is 22.8 Å². The molecule has 1 N–H and O–H groups in total. The molecule has 0 atom stereocenters. The number of nitrogens with zero attached hydrogens (tertiary/aromatic N) is 2. The van der Waals surface area contributed by atoms with Crippen LogP contribution < -0.4 is 14.8 Å². The molecule has 1 saturated heterocycles. The Balaban J connectivity index is 1.62. The zero-order valence-corrected chi connectivity index (χ0v) is 17.8. The van der Waals surface area contributed by atoms with Gasteiger partial charge in [-0.15, -0.1) is 18.3 Å². The molecule has 0 spiro atoms. The Hall–Kier alpha value is -3.80. The van der Waals surface area contributed by atoms with Gasteiger partial charge in [0.15, 0.2) is 5.17 Å². The largest absolute Gasteiger partial charge is 0.573 e. The molecule has 1 aliphatic rings. The summed E-state index contributed by atoms with van der Waals surface area (Å²) in [7, 11) is 1.20. The number of benzene rings is 2. The molecular formula is C21H16F3N3O5S. The van der Waals surface area contributed by atoms with Crippen molar-refractivity contribution in [2.24, 2.45) is 10.2 Å². The van der Waals surface area contributed by atoms with Gasteiger partial charge in [-0.3, -0.25) is 10.1 Å². The minimum absolute atomic E-state index is 0.121. The lowest BCUT2D eigenvalue weighted by molar-refractivity contribution is -0.274. The molecule has 0 bridgehead atoms. The van der Waals surface area contributed by atoms with Crippen molar-refractivity contribution in [2.45, 2.75) is 13.0 Å². The molecule has 1 aliphatic heterocycles. The van der Waals surface area contributed by atoms with Gasteiger partial charge in [0.1, 0.15) is 18.1 Å². The predicted molar refractivity (Wildman–Crippen MR) is 115 cm³/mol. The van der Waals surface area contributed by atoms with Crippen LogP contribution in [0.15, 0.2) is 69.7 Å². The van der Waals surface area contributed by atoms with E-state index in [0.717, 1.165) is 35.5 Å². The summed E-state index contributed by atoms with van der Waals surface area (Å²) in [5.74, 6) is -1.14. The second kappa shape index (κ2) is 10.7. The monoisotopic (exact) mass is 479 g/mol. The van der Waals surface area contributed by atoms with Crippen LogP contribution in [0.5, 0.6) is 11.5 Å². The smallest absolute Gasteiger partial charge is 0.489 e. The molecule has 12 heteroatoms. The van der Waals surface area contributed by atoms with Crippen LogP contribution in [0.3, 0.4) is 0 Å². The van der Waals surface area contributed by atoms with E-state index in [1.165, 1.54) is 25.5 Å². The Morgan fingerprint density at radius 1 is 1.12 bits per heavy atom. The summed E-state index contributed by atoms with van der Waals surface area (Å²) in [6.45, 7) is 0.121. The van der Waals surface area contributed by atoms with Gasteiger partial charge in [-0.25, -0.2) is 4.79 Å². The highest BCUT2D eigenvalue weighted by Gasteiger charge is 2.31. The van der Waals surface area contributed by atoms with Gasteiger partial charge in [-0.2, -0.15) is 5.10 Å². The van der Waals surface area contributed by atoms with Gasteiger partial charge < -0.3 is 14.2 Å². The Kier molecular flexibility index (Phi) is 7.72. The summed E-state index contributed by atoms with van der Waals surface area (Å²) >= 11 is 0.944. The van der Waals surface area contributed by atoms with Gasteiger partial charge in [-0.1, -0.05) is 24.3 Å². The van der Waals surface area contributed by atoms with Gasteiger partial charge in [0.05, 0.1) is 18.2 Å². The van der Waals surface area contributed by atoms with Gasteiger partial charge in [0.2, 0.25) is 0 Å². The molecule has 33 heavy (non-hydrogen) atoms. The van der Waals surface area contributed by atoms with Crippen molar-refractivity contribution in [3.8, 4) is 11.5 Å². The molecule has 2 aromatic carbocycles. The van der Waals surface area contributed by atoms with Crippen molar-refractivity contribution in [3.63, 3.8) is 0 Å². The van der Waals surface area contributed by atoms with Crippen molar-refractivity contribution < 1.29 is 37.0 Å². The van der Waals surface area contributed by atoms with Crippen LogP contribution in [0.2, 0.25) is 0 Å². The molecule has 172 valence electrons. The third kappa shape index (κ3) is 7.38. The fourth-order valence-corrected chi connectivity index (χ4v) is 3.21. The van der Waals surface area contributed by atoms with Crippen LogP contribution in [0.4, 0.5) is 13.2 Å². The van der Waals surface area contributed by atoms with Gasteiger partial charge in [0, 0.05) is 11.6 Å². The van der Waals surface area contributed by atoms with E-state index in [4.69, 9.17) is 4.74 Å². The topological polar surface area (TPSA) is 98.6 Å². The lowest BCUT2D eigenvalue weighted by Gasteiger charge is -2.11. The Morgan fingerprint density at radius 3 is 2.52 bits per heavy atom. The molecule has 0 radical (unpaired) electrons. The number of methoxy groups -OCH3 is 1. The van der Waals surface area contributed by atoms with Crippen LogP contribution in [-0.4, -0.2) is 36.7 Å². The minimum atomic E-state index is -4.76. The second-order valence-corrected chi connectivity index (χ2v) is 7.28. The molecule has 3 rings (SSSR count). The molecule has 0 aromatic heterocycles.